The van der Waals surface area contributed by atoms with Gasteiger partial charge in [-0.05, 0) is 36.7 Å². The predicted octanol–water partition coefficient (Wildman–Crippen LogP) is 3.36. The first kappa shape index (κ1) is 12.5. The van der Waals surface area contributed by atoms with E-state index in [-0.39, 0.29) is 5.82 Å². The largest absolute Gasteiger partial charge is 0.357 e. The zero-order valence-electron chi connectivity index (χ0n) is 11.9. The van der Waals surface area contributed by atoms with Crippen LogP contribution in [0, 0.1) is 5.82 Å². The second-order valence-electron chi connectivity index (χ2n) is 5.72. The summed E-state index contributed by atoms with van der Waals surface area (Å²) in [5.41, 5.74) is 5.64. The van der Waals surface area contributed by atoms with Crippen LogP contribution in [0.15, 0.2) is 36.7 Å². The number of aromatic nitrogens is 2. The lowest BCUT2D eigenvalue weighted by molar-refractivity contribution is 0.310. The first-order valence-electron chi connectivity index (χ1n) is 7.13. The van der Waals surface area contributed by atoms with Crippen molar-refractivity contribution in [3.63, 3.8) is 0 Å². The number of nitrogens with zero attached hydrogens (tertiary/aromatic N) is 2. The summed E-state index contributed by atoms with van der Waals surface area (Å²) in [6.45, 7) is 2.05. The standard InChI is InChI=1S/C17H16FN3/c1-21-5-4-15-14-3-2-11(7-16(14)20-17(15)10-21)12-6-13(18)9-19-8-12/h2-3,6-9,20H,4-5,10H2,1H3. The minimum Gasteiger partial charge on any atom is -0.357 e. The number of benzene rings is 1. The van der Waals surface area contributed by atoms with Crippen molar-refractivity contribution in [2.45, 2.75) is 13.0 Å². The Kier molecular flexibility index (Phi) is 2.79. The van der Waals surface area contributed by atoms with Crippen LogP contribution in [-0.2, 0) is 13.0 Å². The SMILES string of the molecule is CN1CCc2c([nH]c3cc(-c4cncc(F)c4)ccc23)C1. The molecule has 1 aliphatic heterocycles. The minimum absolute atomic E-state index is 0.306. The van der Waals surface area contributed by atoms with Gasteiger partial charge in [0.1, 0.15) is 5.82 Å². The van der Waals surface area contributed by atoms with Gasteiger partial charge in [-0.2, -0.15) is 0 Å². The van der Waals surface area contributed by atoms with Crippen LogP contribution in [0.1, 0.15) is 11.3 Å². The molecule has 0 saturated carbocycles. The van der Waals surface area contributed by atoms with Crippen molar-refractivity contribution in [3.05, 3.63) is 53.7 Å². The number of rotatable bonds is 1. The fourth-order valence-electron chi connectivity index (χ4n) is 3.13. The maximum absolute atomic E-state index is 13.3. The zero-order chi connectivity index (χ0) is 14.4. The average Bonchev–Trinajstić information content (AvgIpc) is 2.83. The zero-order valence-corrected chi connectivity index (χ0v) is 11.9. The molecule has 0 unspecified atom stereocenters. The second-order valence-corrected chi connectivity index (χ2v) is 5.72. The van der Waals surface area contributed by atoms with Gasteiger partial charge in [0.15, 0.2) is 0 Å². The topological polar surface area (TPSA) is 31.9 Å². The molecule has 3 heterocycles. The summed E-state index contributed by atoms with van der Waals surface area (Å²) in [4.78, 5) is 9.75. The average molecular weight is 281 g/mol. The van der Waals surface area contributed by atoms with Gasteiger partial charge in [-0.1, -0.05) is 12.1 Å². The molecule has 4 heteroatoms. The van der Waals surface area contributed by atoms with Crippen LogP contribution in [-0.4, -0.2) is 28.5 Å². The van der Waals surface area contributed by atoms with Gasteiger partial charge >= 0.3 is 0 Å². The second kappa shape index (κ2) is 4.67. The van der Waals surface area contributed by atoms with Crippen molar-refractivity contribution in [3.8, 4) is 11.1 Å². The molecule has 0 bridgehead atoms. The number of halogens is 1. The predicted molar refractivity (Wildman–Crippen MR) is 81.5 cm³/mol. The molecule has 1 N–H and O–H groups in total. The Balaban J connectivity index is 1.84. The highest BCUT2D eigenvalue weighted by atomic mass is 19.1. The molecule has 1 aromatic carbocycles. The number of pyridine rings is 1. The van der Waals surface area contributed by atoms with Crippen molar-refractivity contribution < 1.29 is 4.39 Å². The van der Waals surface area contributed by atoms with Crippen molar-refractivity contribution in [1.82, 2.24) is 14.9 Å². The molecule has 0 atom stereocenters. The number of hydrogen-bond donors (Lipinski definition) is 1. The molecule has 0 fully saturated rings. The molecular weight excluding hydrogens is 265 g/mol. The third-order valence-electron chi connectivity index (χ3n) is 4.20. The van der Waals surface area contributed by atoms with Gasteiger partial charge in [-0.25, -0.2) is 4.39 Å². The summed E-state index contributed by atoms with van der Waals surface area (Å²) in [6.07, 6.45) is 4.00. The highest BCUT2D eigenvalue weighted by Gasteiger charge is 2.18. The molecule has 2 aromatic heterocycles. The number of likely N-dealkylation sites (N-methyl/N-ethyl adjacent to an activating group) is 1. The van der Waals surface area contributed by atoms with Crippen molar-refractivity contribution >= 4 is 10.9 Å². The molecule has 0 amide bonds. The fraction of sp³-hybridized carbons (Fsp3) is 0.235. The van der Waals surface area contributed by atoms with Gasteiger partial charge in [-0.15, -0.1) is 0 Å². The Morgan fingerprint density at radius 3 is 2.95 bits per heavy atom. The normalized spacial score (nSPS) is 15.3. The van der Waals surface area contributed by atoms with Crippen molar-refractivity contribution in [1.29, 1.82) is 0 Å². The maximum Gasteiger partial charge on any atom is 0.142 e. The first-order valence-corrected chi connectivity index (χ1v) is 7.13. The lowest BCUT2D eigenvalue weighted by Gasteiger charge is -2.22. The minimum atomic E-state index is -0.306. The van der Waals surface area contributed by atoms with E-state index in [0.717, 1.165) is 36.2 Å². The van der Waals surface area contributed by atoms with Gasteiger partial charge in [-0.3, -0.25) is 4.98 Å². The lowest BCUT2D eigenvalue weighted by atomic mass is 10.0. The van der Waals surface area contributed by atoms with Gasteiger partial charge in [0, 0.05) is 41.4 Å². The van der Waals surface area contributed by atoms with E-state index < -0.39 is 0 Å². The third-order valence-corrected chi connectivity index (χ3v) is 4.20. The lowest BCUT2D eigenvalue weighted by Crippen LogP contribution is -2.26. The summed E-state index contributed by atoms with van der Waals surface area (Å²) in [5, 5.41) is 1.28. The van der Waals surface area contributed by atoms with Crippen LogP contribution >= 0.6 is 0 Å². The van der Waals surface area contributed by atoms with Crippen molar-refractivity contribution in [2.24, 2.45) is 0 Å². The van der Waals surface area contributed by atoms with E-state index in [4.69, 9.17) is 0 Å². The van der Waals surface area contributed by atoms with E-state index in [1.807, 2.05) is 6.07 Å². The molecule has 21 heavy (non-hydrogen) atoms. The molecular formula is C17H16FN3. The Morgan fingerprint density at radius 1 is 1.19 bits per heavy atom. The van der Waals surface area contributed by atoms with E-state index in [0.29, 0.717) is 0 Å². The number of nitrogens with one attached hydrogen (secondary N) is 1. The molecule has 3 nitrogen and oxygen atoms in total. The highest BCUT2D eigenvalue weighted by molar-refractivity contribution is 5.89. The van der Waals surface area contributed by atoms with E-state index in [1.54, 1.807) is 6.20 Å². The maximum atomic E-state index is 13.3. The summed E-state index contributed by atoms with van der Waals surface area (Å²) in [5.74, 6) is -0.306. The third kappa shape index (κ3) is 2.12. The van der Waals surface area contributed by atoms with Crippen LogP contribution in [0.25, 0.3) is 22.0 Å². The van der Waals surface area contributed by atoms with Gasteiger partial charge in [0.05, 0.1) is 6.20 Å². The summed E-state index contributed by atoms with van der Waals surface area (Å²) < 4.78 is 13.3. The highest BCUT2D eigenvalue weighted by Crippen LogP contribution is 2.30. The van der Waals surface area contributed by atoms with Crippen LogP contribution in [0.3, 0.4) is 0 Å². The summed E-state index contributed by atoms with van der Waals surface area (Å²) in [7, 11) is 2.14. The molecule has 0 aliphatic carbocycles. The molecule has 4 rings (SSSR count). The summed E-state index contributed by atoms with van der Waals surface area (Å²) >= 11 is 0. The van der Waals surface area contributed by atoms with Crippen LogP contribution in [0.5, 0.6) is 0 Å². The Labute approximate surface area is 122 Å². The number of hydrogen-bond acceptors (Lipinski definition) is 2. The van der Waals surface area contributed by atoms with Crippen LogP contribution in [0.2, 0.25) is 0 Å². The molecule has 106 valence electrons. The van der Waals surface area contributed by atoms with E-state index in [9.17, 15) is 4.39 Å². The molecule has 0 saturated heterocycles. The van der Waals surface area contributed by atoms with Crippen molar-refractivity contribution in [2.75, 3.05) is 13.6 Å². The Morgan fingerprint density at radius 2 is 2.10 bits per heavy atom. The van der Waals surface area contributed by atoms with E-state index >= 15 is 0 Å². The smallest absolute Gasteiger partial charge is 0.142 e. The van der Waals surface area contributed by atoms with Gasteiger partial charge in [0.2, 0.25) is 0 Å². The van der Waals surface area contributed by atoms with Gasteiger partial charge < -0.3 is 9.88 Å². The van der Waals surface area contributed by atoms with E-state index in [1.165, 1.54) is 28.9 Å². The molecule has 3 aromatic rings. The van der Waals surface area contributed by atoms with E-state index in [2.05, 4.69) is 34.0 Å². The quantitative estimate of drug-likeness (QED) is 0.741. The first-order chi connectivity index (χ1) is 10.2. The van der Waals surface area contributed by atoms with Crippen LogP contribution < -0.4 is 0 Å². The molecule has 0 spiro atoms. The molecule has 0 radical (unpaired) electrons. The monoisotopic (exact) mass is 281 g/mol. The van der Waals surface area contributed by atoms with Crippen LogP contribution in [0.4, 0.5) is 4.39 Å². The fourth-order valence-corrected chi connectivity index (χ4v) is 3.13. The summed E-state index contributed by atoms with van der Waals surface area (Å²) in [6, 6.07) is 7.79. The Hall–Kier alpha value is -2.20. The van der Waals surface area contributed by atoms with Gasteiger partial charge in [0.25, 0.3) is 0 Å². The number of H-pyrrole nitrogens is 1. The molecule has 1 aliphatic rings. The number of aromatic amines is 1. The number of fused-ring (bicyclic) bond motifs is 3. The Bertz CT molecular complexity index is 822.